The van der Waals surface area contributed by atoms with Crippen LogP contribution in [0.4, 0.5) is 0 Å². The van der Waals surface area contributed by atoms with Gasteiger partial charge in [-0.2, -0.15) is 4.98 Å². The first-order chi connectivity index (χ1) is 15.1. The molecule has 2 bridgehead atoms. The maximum Gasteiger partial charge on any atom is 0.319 e. The van der Waals surface area contributed by atoms with Gasteiger partial charge in [0.05, 0.1) is 25.9 Å². The molecule has 1 saturated carbocycles. The van der Waals surface area contributed by atoms with E-state index < -0.39 is 5.60 Å². The van der Waals surface area contributed by atoms with Crippen molar-refractivity contribution in [1.29, 1.82) is 0 Å². The highest BCUT2D eigenvalue weighted by Crippen LogP contribution is 2.51. The predicted octanol–water partition coefficient (Wildman–Crippen LogP) is 3.40. The molecule has 0 radical (unpaired) electrons. The van der Waals surface area contributed by atoms with Gasteiger partial charge in [0.15, 0.2) is 0 Å². The van der Waals surface area contributed by atoms with Crippen LogP contribution in [-0.2, 0) is 12.1 Å². The summed E-state index contributed by atoms with van der Waals surface area (Å²) in [6, 6.07) is 8.44. The number of para-hydroxylation sites is 1. The molecule has 31 heavy (non-hydrogen) atoms. The number of rotatable bonds is 8. The maximum absolute atomic E-state index is 12.1. The highest BCUT2D eigenvalue weighted by molar-refractivity contribution is 5.36. The van der Waals surface area contributed by atoms with Crippen LogP contribution in [-0.4, -0.2) is 53.4 Å². The molecule has 2 aliphatic rings. The van der Waals surface area contributed by atoms with Crippen molar-refractivity contribution >= 4 is 0 Å². The number of fused-ring (bicyclic) bond motifs is 2. The Bertz CT molecular complexity index is 877. The minimum absolute atomic E-state index is 0.0930. The SMILES string of the molecule is CCOc1ncc(C2(O)[C@@H]3CCC[C@H]2CN(Cc2ccccc2OC)C3)c(OCC)n1. The summed E-state index contributed by atoms with van der Waals surface area (Å²) in [5.41, 5.74) is 0.877. The molecule has 168 valence electrons. The van der Waals surface area contributed by atoms with Crippen LogP contribution < -0.4 is 14.2 Å². The third-order valence-electron chi connectivity index (χ3n) is 6.61. The summed E-state index contributed by atoms with van der Waals surface area (Å²) >= 11 is 0. The molecule has 1 aliphatic heterocycles. The lowest BCUT2D eigenvalue weighted by molar-refractivity contribution is -0.150. The largest absolute Gasteiger partial charge is 0.496 e. The Morgan fingerprint density at radius 1 is 1.10 bits per heavy atom. The Labute approximate surface area is 184 Å². The summed E-state index contributed by atoms with van der Waals surface area (Å²) in [7, 11) is 1.71. The molecule has 3 atom stereocenters. The number of likely N-dealkylation sites (tertiary alicyclic amines) is 1. The van der Waals surface area contributed by atoms with Gasteiger partial charge < -0.3 is 19.3 Å². The first kappa shape index (κ1) is 21.8. The maximum atomic E-state index is 12.1. The van der Waals surface area contributed by atoms with Crippen LogP contribution >= 0.6 is 0 Å². The quantitative estimate of drug-likeness (QED) is 0.692. The molecule has 1 unspecified atom stereocenters. The number of ether oxygens (including phenoxy) is 3. The predicted molar refractivity (Wildman–Crippen MR) is 117 cm³/mol. The summed E-state index contributed by atoms with van der Waals surface area (Å²) in [6.45, 7) is 7.21. The average Bonchev–Trinajstić information content (AvgIpc) is 2.75. The Morgan fingerprint density at radius 3 is 2.48 bits per heavy atom. The van der Waals surface area contributed by atoms with Crippen LogP contribution in [0.25, 0.3) is 0 Å². The first-order valence-electron chi connectivity index (χ1n) is 11.3. The van der Waals surface area contributed by atoms with E-state index in [0.717, 1.165) is 44.6 Å². The van der Waals surface area contributed by atoms with Gasteiger partial charge in [0, 0.05) is 43.2 Å². The van der Waals surface area contributed by atoms with Gasteiger partial charge in [-0.1, -0.05) is 24.6 Å². The number of methoxy groups -OCH3 is 1. The van der Waals surface area contributed by atoms with E-state index in [9.17, 15) is 5.11 Å². The lowest BCUT2D eigenvalue weighted by Crippen LogP contribution is -2.58. The fourth-order valence-corrected chi connectivity index (χ4v) is 5.26. The van der Waals surface area contributed by atoms with E-state index in [1.54, 1.807) is 13.3 Å². The van der Waals surface area contributed by atoms with E-state index in [1.165, 1.54) is 5.56 Å². The minimum Gasteiger partial charge on any atom is -0.496 e. The van der Waals surface area contributed by atoms with E-state index in [2.05, 4.69) is 20.9 Å². The summed E-state index contributed by atoms with van der Waals surface area (Å²) in [5.74, 6) is 1.54. The second kappa shape index (κ2) is 9.40. The molecule has 7 heteroatoms. The lowest BCUT2D eigenvalue weighted by atomic mass is 9.63. The average molecular weight is 428 g/mol. The molecule has 0 amide bonds. The number of aromatic nitrogens is 2. The summed E-state index contributed by atoms with van der Waals surface area (Å²) in [6.07, 6.45) is 4.77. The lowest BCUT2D eigenvalue weighted by Gasteiger charge is -2.53. The van der Waals surface area contributed by atoms with Gasteiger partial charge in [0.1, 0.15) is 11.4 Å². The van der Waals surface area contributed by atoms with Crippen LogP contribution in [0.5, 0.6) is 17.6 Å². The van der Waals surface area contributed by atoms with Gasteiger partial charge in [-0.3, -0.25) is 4.90 Å². The first-order valence-corrected chi connectivity index (χ1v) is 11.3. The van der Waals surface area contributed by atoms with Gasteiger partial charge in [-0.25, -0.2) is 4.98 Å². The topological polar surface area (TPSA) is 76.9 Å². The number of aliphatic hydroxyl groups is 1. The van der Waals surface area contributed by atoms with Crippen molar-refractivity contribution in [2.45, 2.75) is 45.3 Å². The number of piperidine rings is 1. The summed E-state index contributed by atoms with van der Waals surface area (Å²) in [5, 5.41) is 12.1. The van der Waals surface area contributed by atoms with Gasteiger partial charge in [-0.15, -0.1) is 0 Å². The zero-order chi connectivity index (χ0) is 21.8. The molecule has 4 rings (SSSR count). The van der Waals surface area contributed by atoms with Crippen molar-refractivity contribution in [3.63, 3.8) is 0 Å². The monoisotopic (exact) mass is 427 g/mol. The molecule has 7 nitrogen and oxygen atoms in total. The van der Waals surface area contributed by atoms with E-state index in [-0.39, 0.29) is 17.8 Å². The van der Waals surface area contributed by atoms with E-state index in [4.69, 9.17) is 14.2 Å². The number of benzene rings is 1. The van der Waals surface area contributed by atoms with Gasteiger partial charge in [0.25, 0.3) is 0 Å². The normalized spacial score (nSPS) is 25.8. The van der Waals surface area contributed by atoms with Crippen LogP contribution in [0.3, 0.4) is 0 Å². The molecule has 2 heterocycles. The number of nitrogens with zero attached hydrogens (tertiary/aromatic N) is 3. The third-order valence-corrected chi connectivity index (χ3v) is 6.61. The third kappa shape index (κ3) is 4.21. The molecule has 1 aromatic carbocycles. The van der Waals surface area contributed by atoms with E-state index >= 15 is 0 Å². The number of hydrogen-bond acceptors (Lipinski definition) is 7. The van der Waals surface area contributed by atoms with Gasteiger partial charge in [-0.05, 0) is 32.8 Å². The second-order valence-electron chi connectivity index (χ2n) is 8.39. The molecule has 1 aliphatic carbocycles. The Hall–Kier alpha value is -2.38. The standard InChI is InChI=1S/C24H33N3O4/c1-4-30-22-20(13-25-23(26-22)31-5-2)24(28)18-10-8-11-19(24)16-27(15-18)14-17-9-6-7-12-21(17)29-3/h6-7,9,12-13,18-19,28H,4-5,8,10-11,14-16H2,1-3H3/t18-,19+,24?. The fourth-order valence-electron chi connectivity index (χ4n) is 5.26. The Balaban J connectivity index is 1.62. The molecule has 2 fully saturated rings. The molecule has 1 N–H and O–H groups in total. The van der Waals surface area contributed by atoms with E-state index in [0.29, 0.717) is 24.7 Å². The second-order valence-corrected chi connectivity index (χ2v) is 8.39. The smallest absolute Gasteiger partial charge is 0.319 e. The highest BCUT2D eigenvalue weighted by atomic mass is 16.5. The molecular formula is C24H33N3O4. The Morgan fingerprint density at radius 2 is 1.81 bits per heavy atom. The number of hydrogen-bond donors (Lipinski definition) is 1. The molecule has 2 aromatic rings. The van der Waals surface area contributed by atoms with Crippen LogP contribution in [0.15, 0.2) is 30.5 Å². The van der Waals surface area contributed by atoms with Crippen molar-refractivity contribution in [2.24, 2.45) is 11.8 Å². The van der Waals surface area contributed by atoms with Crippen LogP contribution in [0, 0.1) is 11.8 Å². The summed E-state index contributed by atoms with van der Waals surface area (Å²) < 4.78 is 16.8. The van der Waals surface area contributed by atoms with Gasteiger partial charge >= 0.3 is 6.01 Å². The molecule has 1 aromatic heterocycles. The fraction of sp³-hybridized carbons (Fsp3) is 0.583. The molecule has 1 saturated heterocycles. The van der Waals surface area contributed by atoms with Gasteiger partial charge in [0.2, 0.25) is 5.88 Å². The van der Waals surface area contributed by atoms with E-state index in [1.807, 2.05) is 32.0 Å². The molecule has 0 spiro atoms. The van der Waals surface area contributed by atoms with Crippen LogP contribution in [0.1, 0.15) is 44.2 Å². The zero-order valence-electron chi connectivity index (χ0n) is 18.7. The highest BCUT2D eigenvalue weighted by Gasteiger charge is 2.53. The molecular weight excluding hydrogens is 394 g/mol. The van der Waals surface area contributed by atoms with Crippen molar-refractivity contribution in [1.82, 2.24) is 14.9 Å². The zero-order valence-corrected chi connectivity index (χ0v) is 18.7. The van der Waals surface area contributed by atoms with Crippen molar-refractivity contribution in [2.75, 3.05) is 33.4 Å². The Kier molecular flexibility index (Phi) is 6.62. The van der Waals surface area contributed by atoms with Crippen molar-refractivity contribution in [3.05, 3.63) is 41.6 Å². The van der Waals surface area contributed by atoms with Crippen molar-refractivity contribution < 1.29 is 19.3 Å². The van der Waals surface area contributed by atoms with Crippen molar-refractivity contribution in [3.8, 4) is 17.6 Å². The summed E-state index contributed by atoms with van der Waals surface area (Å²) in [4.78, 5) is 11.3. The minimum atomic E-state index is -0.995. The van der Waals surface area contributed by atoms with Crippen LogP contribution in [0.2, 0.25) is 0 Å².